The molecule has 3 aromatic carbocycles. The van der Waals surface area contributed by atoms with E-state index in [1.165, 1.54) is 0 Å². The molecule has 1 aliphatic rings. The van der Waals surface area contributed by atoms with Gasteiger partial charge in [0.15, 0.2) is 32.9 Å². The van der Waals surface area contributed by atoms with Crippen LogP contribution in [0, 0.1) is 11.6 Å². The van der Waals surface area contributed by atoms with Crippen LogP contribution < -0.4 is 20.9 Å². The second-order valence-corrected chi connectivity index (χ2v) is 10.7. The van der Waals surface area contributed by atoms with E-state index in [1.54, 1.807) is 24.3 Å². The molecule has 4 N–H and O–H groups in total. The van der Waals surface area contributed by atoms with E-state index in [0.29, 0.717) is 11.1 Å². The number of hydrogen-bond donors (Lipinski definition) is 2. The second-order valence-electron chi connectivity index (χ2n) is 8.22. The molecule has 4 rings (SSSR count). The van der Waals surface area contributed by atoms with Crippen LogP contribution in [0.25, 0.3) is 11.1 Å². The van der Waals surface area contributed by atoms with Crippen molar-refractivity contribution in [3.05, 3.63) is 81.9 Å². The average molecular weight is 523 g/mol. The highest BCUT2D eigenvalue weighted by molar-refractivity contribution is 7.90. The van der Waals surface area contributed by atoms with Crippen LogP contribution in [0.15, 0.2) is 48.5 Å². The number of fused-ring (bicyclic) bond motifs is 1. The lowest BCUT2D eigenvalue weighted by molar-refractivity contribution is 0.1000. The molecule has 0 fully saturated rings. The number of primary amides is 1. The fourth-order valence-electron chi connectivity index (χ4n) is 4.12. The van der Waals surface area contributed by atoms with Crippen molar-refractivity contribution in [2.24, 2.45) is 11.5 Å². The lowest BCUT2D eigenvalue weighted by atomic mass is 9.85. The molecular formula is C24H21ClF2N2O5S. The fraction of sp³-hybridized carbons (Fsp3) is 0.208. The normalized spacial score (nSPS) is 17.1. The first-order chi connectivity index (χ1) is 16.5. The van der Waals surface area contributed by atoms with E-state index in [1.807, 2.05) is 6.07 Å². The summed E-state index contributed by atoms with van der Waals surface area (Å²) in [6.45, 7) is 0.00698. The third-order valence-electron chi connectivity index (χ3n) is 5.73. The Morgan fingerprint density at radius 1 is 1.17 bits per heavy atom. The van der Waals surface area contributed by atoms with Crippen molar-refractivity contribution >= 4 is 27.3 Å². The maximum Gasteiger partial charge on any atom is 0.249 e. The summed E-state index contributed by atoms with van der Waals surface area (Å²) in [7, 11) is -3.62. The van der Waals surface area contributed by atoms with Crippen molar-refractivity contribution in [3.8, 4) is 22.6 Å². The molecule has 0 aromatic heterocycles. The third-order valence-corrected chi connectivity index (χ3v) is 6.65. The average Bonchev–Trinajstić information content (AvgIpc) is 3.18. The number of carbonyl (C=O) groups excluding carboxylic acids is 1. The smallest absolute Gasteiger partial charge is 0.249 e. The van der Waals surface area contributed by atoms with Crippen LogP contribution in [0.3, 0.4) is 0 Å². The Balaban J connectivity index is 1.96. The number of halogens is 3. The van der Waals surface area contributed by atoms with Crippen molar-refractivity contribution < 1.29 is 31.5 Å². The van der Waals surface area contributed by atoms with Crippen LogP contribution in [0.5, 0.6) is 11.5 Å². The molecule has 0 spiro atoms. The molecule has 11 heteroatoms. The first-order valence-electron chi connectivity index (χ1n) is 10.4. The van der Waals surface area contributed by atoms with Crippen molar-refractivity contribution in [3.63, 3.8) is 0 Å². The molecule has 3 aromatic rings. The minimum atomic E-state index is -3.62. The first-order valence-corrected chi connectivity index (χ1v) is 12.8. The molecule has 1 amide bonds. The Morgan fingerprint density at radius 3 is 2.46 bits per heavy atom. The zero-order valence-electron chi connectivity index (χ0n) is 18.5. The molecule has 0 saturated heterocycles. The van der Waals surface area contributed by atoms with E-state index in [2.05, 4.69) is 0 Å². The number of sulfone groups is 1. The van der Waals surface area contributed by atoms with Crippen LogP contribution in [-0.4, -0.2) is 33.1 Å². The molecule has 1 atom stereocenters. The van der Waals surface area contributed by atoms with E-state index in [4.69, 9.17) is 32.5 Å². The van der Waals surface area contributed by atoms with Crippen LogP contribution >= 0.6 is 11.6 Å². The molecule has 0 aliphatic carbocycles. The molecule has 0 unspecified atom stereocenters. The van der Waals surface area contributed by atoms with Crippen molar-refractivity contribution in [2.45, 2.75) is 12.0 Å². The standard InChI is InChI=1S/C24H21ClF2N2O5S/c1-35(31,32)12-33-17-8-7-14(23(29)30)20(22(17)27)19-15-10-24(11-28,13-5-3-2-4-6-13)34-18(15)9-16(26)21(19)25/h2-9H,10-12,28H2,1H3,(H2,29,30)/t24-/m1/s1. The van der Waals surface area contributed by atoms with E-state index in [0.717, 1.165) is 24.5 Å². The summed E-state index contributed by atoms with van der Waals surface area (Å²) in [4.78, 5) is 12.2. The molecule has 0 radical (unpaired) electrons. The molecule has 184 valence electrons. The van der Waals surface area contributed by atoms with Gasteiger partial charge in [-0.15, -0.1) is 0 Å². The summed E-state index contributed by atoms with van der Waals surface area (Å²) >= 11 is 6.33. The van der Waals surface area contributed by atoms with Crippen LogP contribution in [0.1, 0.15) is 21.5 Å². The quantitative estimate of drug-likeness (QED) is 0.489. The number of carbonyl (C=O) groups is 1. The highest BCUT2D eigenvalue weighted by Gasteiger charge is 2.43. The number of nitrogens with two attached hydrogens (primary N) is 2. The summed E-state index contributed by atoms with van der Waals surface area (Å²) < 4.78 is 65.0. The summed E-state index contributed by atoms with van der Waals surface area (Å²) in [5.74, 6) is -4.26. The zero-order chi connectivity index (χ0) is 25.5. The van der Waals surface area contributed by atoms with Gasteiger partial charge in [0.05, 0.1) is 10.6 Å². The van der Waals surface area contributed by atoms with Gasteiger partial charge < -0.3 is 20.9 Å². The van der Waals surface area contributed by atoms with Crippen LogP contribution in [0.2, 0.25) is 5.02 Å². The molecule has 1 heterocycles. The van der Waals surface area contributed by atoms with Gasteiger partial charge in [0, 0.05) is 42.0 Å². The van der Waals surface area contributed by atoms with E-state index in [9.17, 15) is 17.6 Å². The molecule has 7 nitrogen and oxygen atoms in total. The molecule has 35 heavy (non-hydrogen) atoms. The topological polar surface area (TPSA) is 122 Å². The van der Waals surface area contributed by atoms with Gasteiger partial charge in [0.2, 0.25) is 5.91 Å². The molecule has 0 saturated carbocycles. The van der Waals surface area contributed by atoms with E-state index >= 15 is 4.39 Å². The lowest BCUT2D eigenvalue weighted by Crippen LogP contribution is -2.39. The number of benzene rings is 3. The molecule has 0 bridgehead atoms. The Hall–Kier alpha value is -3.21. The number of amides is 1. The fourth-order valence-corrected chi connectivity index (χ4v) is 4.73. The highest BCUT2D eigenvalue weighted by atomic mass is 35.5. The molecule has 1 aliphatic heterocycles. The Labute approximate surface area is 205 Å². The Kier molecular flexibility index (Phi) is 6.48. The zero-order valence-corrected chi connectivity index (χ0v) is 20.1. The second kappa shape index (κ2) is 9.10. The van der Waals surface area contributed by atoms with Crippen molar-refractivity contribution in [1.82, 2.24) is 0 Å². The first kappa shape index (κ1) is 24.9. The predicted octanol–water partition coefficient (Wildman–Crippen LogP) is 3.55. The van der Waals surface area contributed by atoms with Crippen molar-refractivity contribution in [2.75, 3.05) is 18.7 Å². The number of hydrogen-bond acceptors (Lipinski definition) is 6. The van der Waals surface area contributed by atoms with E-state index < -0.39 is 55.3 Å². The van der Waals surface area contributed by atoms with Gasteiger partial charge in [0.1, 0.15) is 11.6 Å². The third kappa shape index (κ3) is 4.56. The van der Waals surface area contributed by atoms with Crippen molar-refractivity contribution in [1.29, 1.82) is 0 Å². The maximum atomic E-state index is 15.8. The maximum absolute atomic E-state index is 15.8. The SMILES string of the molecule is CS(=O)(=O)COc1ccc(C(N)=O)c(-c2c(Cl)c(F)cc3c2C[C@@](CN)(c2ccccc2)O3)c1F. The van der Waals surface area contributed by atoms with E-state index in [-0.39, 0.29) is 29.8 Å². The van der Waals surface area contributed by atoms with Gasteiger partial charge in [-0.1, -0.05) is 41.9 Å². The monoisotopic (exact) mass is 522 g/mol. The van der Waals surface area contributed by atoms with Crippen LogP contribution in [0.4, 0.5) is 8.78 Å². The largest absolute Gasteiger partial charge is 0.480 e. The molecular weight excluding hydrogens is 502 g/mol. The Bertz CT molecular complexity index is 1430. The summed E-state index contributed by atoms with van der Waals surface area (Å²) in [6, 6.07) is 12.3. The number of rotatable bonds is 7. The Morgan fingerprint density at radius 2 is 1.86 bits per heavy atom. The highest BCUT2D eigenvalue weighted by Crippen LogP contribution is 2.50. The van der Waals surface area contributed by atoms with Gasteiger partial charge in [0.25, 0.3) is 0 Å². The summed E-state index contributed by atoms with van der Waals surface area (Å²) in [5.41, 5.74) is 10.6. The minimum Gasteiger partial charge on any atom is -0.480 e. The van der Waals surface area contributed by atoms with Gasteiger partial charge in [-0.25, -0.2) is 17.2 Å². The number of ether oxygens (including phenoxy) is 2. The van der Waals surface area contributed by atoms with Crippen LogP contribution in [-0.2, 0) is 21.9 Å². The van der Waals surface area contributed by atoms with Gasteiger partial charge in [-0.3, -0.25) is 4.79 Å². The van der Waals surface area contributed by atoms with Gasteiger partial charge in [-0.05, 0) is 17.7 Å². The minimum absolute atomic E-state index is 0.00698. The lowest BCUT2D eigenvalue weighted by Gasteiger charge is -2.27. The predicted molar refractivity (Wildman–Crippen MR) is 127 cm³/mol. The summed E-state index contributed by atoms with van der Waals surface area (Å²) in [5, 5.41) is -0.463. The van der Waals surface area contributed by atoms with Gasteiger partial charge >= 0.3 is 0 Å². The van der Waals surface area contributed by atoms with Gasteiger partial charge in [-0.2, -0.15) is 0 Å². The summed E-state index contributed by atoms with van der Waals surface area (Å²) in [6.07, 6.45) is 0.998.